The fourth-order valence-corrected chi connectivity index (χ4v) is 0.455. The Balaban J connectivity index is 0.000000640. The van der Waals surface area contributed by atoms with Gasteiger partial charge < -0.3 is 4.57 Å². The number of nitrogens with zero attached hydrogens (tertiary/aromatic N) is 1. The second kappa shape index (κ2) is 3.96. The Morgan fingerprint density at radius 1 is 1.67 bits per heavy atom. The number of pyridine rings is 1. The van der Waals surface area contributed by atoms with Crippen molar-refractivity contribution < 1.29 is 32.7 Å². The van der Waals surface area contributed by atoms with E-state index in [4.69, 9.17) is 0 Å². The summed E-state index contributed by atoms with van der Waals surface area (Å²) in [6, 6.07) is 5.84. The average Bonchev–Trinajstić information content (AvgIpc) is 1.77. The molecule has 0 aromatic carbocycles. The first kappa shape index (κ1) is 9.05. The van der Waals surface area contributed by atoms with Crippen LogP contribution in [0.2, 0.25) is 0 Å². The summed E-state index contributed by atoms with van der Waals surface area (Å²) >= 11 is 0. The molecule has 0 aliphatic rings. The van der Waals surface area contributed by atoms with Gasteiger partial charge in [0.1, 0.15) is 0 Å². The molecular weight excluding hydrogens is 191 g/mol. The minimum atomic E-state index is 0. The van der Waals surface area contributed by atoms with Crippen LogP contribution in [0.15, 0.2) is 23.1 Å². The zero-order valence-electron chi connectivity index (χ0n) is 5.16. The molecule has 0 unspecified atom stereocenters. The minimum Gasteiger partial charge on any atom is -0.352 e. The van der Waals surface area contributed by atoms with Crippen molar-refractivity contribution in [2.75, 3.05) is 0 Å². The van der Waals surface area contributed by atoms with Crippen LogP contribution < -0.4 is 5.56 Å². The summed E-state index contributed by atoms with van der Waals surface area (Å²) in [5, 5.41) is 0. The van der Waals surface area contributed by atoms with Crippen molar-refractivity contribution in [1.82, 2.24) is 4.57 Å². The Morgan fingerprint density at radius 2 is 2.33 bits per heavy atom. The summed E-state index contributed by atoms with van der Waals surface area (Å²) in [6.07, 6.45) is 1.60. The van der Waals surface area contributed by atoms with Crippen LogP contribution in [0, 0.1) is 6.07 Å². The standard InChI is InChI=1S/C6H6NO.Y/c1-7-5-3-2-4-6(7)8;/h2,4-5H,1H3;/q-1;. The van der Waals surface area contributed by atoms with Crippen LogP contribution in [0.1, 0.15) is 0 Å². The number of aryl methyl sites for hydroxylation is 1. The topological polar surface area (TPSA) is 22.0 Å². The van der Waals surface area contributed by atoms with Crippen molar-refractivity contribution in [3.63, 3.8) is 0 Å². The maximum Gasteiger partial charge on any atom is 0.167 e. The van der Waals surface area contributed by atoms with E-state index in [1.165, 1.54) is 10.6 Å². The van der Waals surface area contributed by atoms with E-state index in [9.17, 15) is 4.79 Å². The van der Waals surface area contributed by atoms with Crippen LogP contribution >= 0.6 is 0 Å². The second-order valence-corrected chi connectivity index (χ2v) is 1.58. The molecule has 1 aromatic rings. The molecule has 0 saturated heterocycles. The van der Waals surface area contributed by atoms with Crippen LogP contribution in [-0.2, 0) is 39.8 Å². The maximum atomic E-state index is 10.6. The largest absolute Gasteiger partial charge is 0.352 e. The van der Waals surface area contributed by atoms with Gasteiger partial charge in [-0.1, -0.05) is 6.20 Å². The molecular formula is C6H6NOY-. The Hall–Kier alpha value is 0.0539. The first-order valence-electron chi connectivity index (χ1n) is 2.33. The molecule has 9 heavy (non-hydrogen) atoms. The third-order valence-electron chi connectivity index (χ3n) is 0.938. The fraction of sp³-hybridized carbons (Fsp3) is 0.167. The number of rotatable bonds is 0. The molecule has 0 atom stereocenters. The molecule has 0 bridgehead atoms. The van der Waals surface area contributed by atoms with Gasteiger partial charge in [-0.05, 0) is 0 Å². The number of hydrogen-bond acceptors (Lipinski definition) is 1. The molecule has 0 saturated carbocycles. The SMILES string of the molecule is Cn1c[c-]ccc1=O.[Y]. The molecule has 3 heteroatoms. The summed E-state index contributed by atoms with van der Waals surface area (Å²) < 4.78 is 1.47. The Kier molecular flexibility index (Phi) is 3.99. The van der Waals surface area contributed by atoms with Crippen LogP contribution in [0.4, 0.5) is 0 Å². The van der Waals surface area contributed by atoms with E-state index in [1.54, 1.807) is 19.3 Å². The van der Waals surface area contributed by atoms with Gasteiger partial charge in [-0.25, -0.2) is 12.1 Å². The molecule has 1 aromatic heterocycles. The zero-order chi connectivity index (χ0) is 5.98. The third-order valence-corrected chi connectivity index (χ3v) is 0.938. The molecule has 2 nitrogen and oxygen atoms in total. The molecule has 45 valence electrons. The van der Waals surface area contributed by atoms with Gasteiger partial charge in [0.15, 0.2) is 5.56 Å². The summed E-state index contributed by atoms with van der Waals surface area (Å²) in [4.78, 5) is 10.6. The molecule has 0 amide bonds. The maximum absolute atomic E-state index is 10.6. The van der Waals surface area contributed by atoms with E-state index in [0.717, 1.165) is 0 Å². The molecule has 0 aliphatic carbocycles. The second-order valence-electron chi connectivity index (χ2n) is 1.58. The summed E-state index contributed by atoms with van der Waals surface area (Å²) in [5.74, 6) is 0. The van der Waals surface area contributed by atoms with Crippen LogP contribution in [0.3, 0.4) is 0 Å². The van der Waals surface area contributed by atoms with Gasteiger partial charge in [0.05, 0.1) is 0 Å². The van der Waals surface area contributed by atoms with Gasteiger partial charge in [0.2, 0.25) is 0 Å². The molecule has 1 rings (SSSR count). The minimum absolute atomic E-state index is 0. The molecule has 0 spiro atoms. The van der Waals surface area contributed by atoms with Crippen molar-refractivity contribution in [2.24, 2.45) is 7.05 Å². The van der Waals surface area contributed by atoms with Crippen molar-refractivity contribution in [2.45, 2.75) is 0 Å². The first-order valence-corrected chi connectivity index (χ1v) is 2.33. The molecule has 0 aliphatic heterocycles. The zero-order valence-corrected chi connectivity index (χ0v) is 8.00. The van der Waals surface area contributed by atoms with E-state index in [1.807, 2.05) is 0 Å². The average molecular weight is 197 g/mol. The number of aromatic nitrogens is 1. The van der Waals surface area contributed by atoms with Gasteiger partial charge in [0, 0.05) is 39.8 Å². The van der Waals surface area contributed by atoms with Crippen LogP contribution in [0.25, 0.3) is 0 Å². The predicted octanol–water partition coefficient (Wildman–Crippen LogP) is 0.183. The van der Waals surface area contributed by atoms with E-state index in [2.05, 4.69) is 6.07 Å². The normalized spacial score (nSPS) is 8.11. The van der Waals surface area contributed by atoms with Crippen molar-refractivity contribution in [3.05, 3.63) is 34.7 Å². The van der Waals surface area contributed by atoms with E-state index in [-0.39, 0.29) is 38.3 Å². The summed E-state index contributed by atoms with van der Waals surface area (Å²) in [7, 11) is 1.69. The molecule has 1 heterocycles. The van der Waals surface area contributed by atoms with E-state index in [0.29, 0.717) is 0 Å². The summed E-state index contributed by atoms with van der Waals surface area (Å²) in [6.45, 7) is 0. The first-order chi connectivity index (χ1) is 3.80. The Bertz CT molecular complexity index is 230. The smallest absolute Gasteiger partial charge is 0.167 e. The fourth-order valence-electron chi connectivity index (χ4n) is 0.455. The molecule has 0 fully saturated rings. The van der Waals surface area contributed by atoms with Crippen molar-refractivity contribution in [3.8, 4) is 0 Å². The summed E-state index contributed by atoms with van der Waals surface area (Å²) in [5.41, 5.74) is 0.00347. The van der Waals surface area contributed by atoms with Crippen molar-refractivity contribution >= 4 is 0 Å². The van der Waals surface area contributed by atoms with Gasteiger partial charge in [0.25, 0.3) is 0 Å². The molecule has 1 radical (unpaired) electrons. The number of hydrogen-bond donors (Lipinski definition) is 0. The monoisotopic (exact) mass is 197 g/mol. The van der Waals surface area contributed by atoms with Crippen LogP contribution in [0.5, 0.6) is 0 Å². The van der Waals surface area contributed by atoms with Crippen molar-refractivity contribution in [1.29, 1.82) is 0 Å². The van der Waals surface area contributed by atoms with Gasteiger partial charge in [-0.2, -0.15) is 0 Å². The Labute approximate surface area is 78.8 Å². The van der Waals surface area contributed by atoms with Gasteiger partial charge in [-0.3, -0.25) is 4.79 Å². The van der Waals surface area contributed by atoms with Gasteiger partial charge in [-0.15, -0.1) is 6.07 Å². The Morgan fingerprint density at radius 3 is 2.67 bits per heavy atom. The predicted molar refractivity (Wildman–Crippen MR) is 30.5 cm³/mol. The van der Waals surface area contributed by atoms with Gasteiger partial charge >= 0.3 is 0 Å². The van der Waals surface area contributed by atoms with E-state index >= 15 is 0 Å². The third kappa shape index (κ3) is 2.42. The van der Waals surface area contributed by atoms with Crippen LogP contribution in [-0.4, -0.2) is 4.57 Å². The quantitative estimate of drug-likeness (QED) is 0.544. The molecule has 0 N–H and O–H groups in total. The van der Waals surface area contributed by atoms with E-state index < -0.39 is 0 Å².